The number of nitriles is 1. The number of anilines is 2. The first kappa shape index (κ1) is 20.2. The molecule has 3 aromatic heterocycles. The van der Waals surface area contributed by atoms with Gasteiger partial charge < -0.3 is 10.6 Å². The molecule has 0 aliphatic heterocycles. The second kappa shape index (κ2) is 7.46. The van der Waals surface area contributed by atoms with Crippen LogP contribution in [0.3, 0.4) is 0 Å². The molecule has 0 bridgehead atoms. The summed E-state index contributed by atoms with van der Waals surface area (Å²) in [7, 11) is 0. The van der Waals surface area contributed by atoms with Crippen molar-refractivity contribution in [3.05, 3.63) is 41.4 Å². The Morgan fingerprint density at radius 2 is 2.25 bits per heavy atom. The quantitative estimate of drug-likeness (QED) is 0.415. The third-order valence-corrected chi connectivity index (χ3v) is 5.75. The predicted molar refractivity (Wildman–Crippen MR) is 116 cm³/mol. The minimum absolute atomic E-state index is 0.0713. The standard InChI is InChI=1S/C21H16ClF2N7O/c1-9(7-25)27-20-18(24)17(22)16(13-8-26-29-19(13)20)10-2-3-31-11(4-10)5-15(30-31)28-21(32)12-6-14(12)23/h2-5,8-9,12,14,27H,6H2,1H3,(H,26,29)(H,28,30,32)/t9?,12-,14+/m1/s1. The van der Waals surface area contributed by atoms with Crippen LogP contribution < -0.4 is 10.6 Å². The number of nitrogens with one attached hydrogen (secondary N) is 3. The fourth-order valence-corrected chi connectivity index (χ4v) is 3.95. The van der Waals surface area contributed by atoms with Crippen molar-refractivity contribution < 1.29 is 13.6 Å². The molecule has 0 radical (unpaired) electrons. The molecule has 1 aliphatic rings. The lowest BCUT2D eigenvalue weighted by molar-refractivity contribution is -0.117. The van der Waals surface area contributed by atoms with Crippen LogP contribution in [0.1, 0.15) is 13.3 Å². The summed E-state index contributed by atoms with van der Waals surface area (Å²) in [6.45, 7) is 1.60. The highest BCUT2D eigenvalue weighted by molar-refractivity contribution is 6.36. The molecule has 1 fully saturated rings. The van der Waals surface area contributed by atoms with Gasteiger partial charge in [0.05, 0.1) is 39.9 Å². The first-order chi connectivity index (χ1) is 15.4. The molecule has 162 valence electrons. The number of nitrogens with zero attached hydrogens (tertiary/aromatic N) is 4. The summed E-state index contributed by atoms with van der Waals surface area (Å²) in [6.07, 6.45) is 2.32. The van der Waals surface area contributed by atoms with E-state index in [0.29, 0.717) is 33.4 Å². The lowest BCUT2D eigenvalue weighted by Gasteiger charge is -2.15. The summed E-state index contributed by atoms with van der Waals surface area (Å²) >= 11 is 6.42. The van der Waals surface area contributed by atoms with E-state index in [4.69, 9.17) is 16.9 Å². The van der Waals surface area contributed by atoms with Crippen LogP contribution in [-0.4, -0.2) is 37.9 Å². The Labute approximate surface area is 185 Å². The van der Waals surface area contributed by atoms with Crippen LogP contribution in [0.15, 0.2) is 30.6 Å². The van der Waals surface area contributed by atoms with Crippen molar-refractivity contribution in [1.29, 1.82) is 5.26 Å². The van der Waals surface area contributed by atoms with E-state index in [-0.39, 0.29) is 17.1 Å². The summed E-state index contributed by atoms with van der Waals surface area (Å²) in [4.78, 5) is 12.0. The minimum atomic E-state index is -1.10. The van der Waals surface area contributed by atoms with E-state index in [9.17, 15) is 9.18 Å². The summed E-state index contributed by atoms with van der Waals surface area (Å²) in [6, 6.07) is 6.45. The number of amides is 1. The van der Waals surface area contributed by atoms with Crippen molar-refractivity contribution in [3.8, 4) is 17.2 Å². The van der Waals surface area contributed by atoms with Crippen LogP contribution in [0.5, 0.6) is 0 Å². The highest BCUT2D eigenvalue weighted by atomic mass is 35.5. The molecule has 1 amide bonds. The third kappa shape index (κ3) is 3.31. The summed E-state index contributed by atoms with van der Waals surface area (Å²) in [5.41, 5.74) is 2.11. The van der Waals surface area contributed by atoms with Gasteiger partial charge >= 0.3 is 0 Å². The number of H-pyrrole nitrogens is 1. The molecule has 3 N–H and O–H groups in total. The Balaban J connectivity index is 1.56. The number of carbonyl (C=O) groups is 1. The number of carbonyl (C=O) groups excluding carboxylic acids is 1. The molecular formula is C21H16ClF2N7O. The topological polar surface area (TPSA) is 111 Å². The number of pyridine rings is 1. The van der Waals surface area contributed by atoms with Gasteiger partial charge in [-0.1, -0.05) is 11.6 Å². The van der Waals surface area contributed by atoms with Gasteiger partial charge in [-0.05, 0) is 31.0 Å². The van der Waals surface area contributed by atoms with Gasteiger partial charge in [0, 0.05) is 23.2 Å². The van der Waals surface area contributed by atoms with E-state index in [1.165, 1.54) is 6.20 Å². The summed E-state index contributed by atoms with van der Waals surface area (Å²) < 4.78 is 29.8. The molecule has 5 rings (SSSR count). The van der Waals surface area contributed by atoms with Gasteiger partial charge in [0.15, 0.2) is 11.6 Å². The first-order valence-corrected chi connectivity index (χ1v) is 10.2. The maximum absolute atomic E-state index is 15.2. The van der Waals surface area contributed by atoms with Gasteiger partial charge in [-0.3, -0.25) is 9.89 Å². The lowest BCUT2D eigenvalue weighted by atomic mass is 10.0. The van der Waals surface area contributed by atoms with Crippen LogP contribution in [0, 0.1) is 23.1 Å². The van der Waals surface area contributed by atoms with E-state index in [1.54, 1.807) is 35.8 Å². The van der Waals surface area contributed by atoms with Crippen molar-refractivity contribution in [2.75, 3.05) is 10.6 Å². The molecule has 1 unspecified atom stereocenters. The largest absolute Gasteiger partial charge is 0.366 e. The molecule has 1 aromatic carbocycles. The fourth-order valence-electron chi connectivity index (χ4n) is 3.65. The van der Waals surface area contributed by atoms with Gasteiger partial charge in [-0.25, -0.2) is 13.3 Å². The van der Waals surface area contributed by atoms with Gasteiger partial charge in [0.2, 0.25) is 5.91 Å². The molecular weight excluding hydrogens is 440 g/mol. The molecule has 4 aromatic rings. The Kier molecular flexibility index (Phi) is 4.71. The SMILES string of the molecule is CC(C#N)Nc1c(F)c(Cl)c(-c2ccn3nc(NC(=O)[C@@H]4C[C@@H]4F)cc3c2)c2cn[nH]c12. The Hall–Kier alpha value is -3.71. The van der Waals surface area contributed by atoms with Crippen LogP contribution in [0.2, 0.25) is 5.02 Å². The lowest BCUT2D eigenvalue weighted by Crippen LogP contribution is -2.15. The van der Waals surface area contributed by atoms with Gasteiger partial charge in [-0.2, -0.15) is 15.5 Å². The molecule has 1 aliphatic carbocycles. The second-order valence-corrected chi connectivity index (χ2v) is 8.07. The van der Waals surface area contributed by atoms with Crippen LogP contribution in [0.25, 0.3) is 27.5 Å². The summed E-state index contributed by atoms with van der Waals surface area (Å²) in [5.74, 6) is -1.43. The molecule has 0 saturated heterocycles. The number of alkyl halides is 1. The molecule has 8 nitrogen and oxygen atoms in total. The van der Waals surface area contributed by atoms with E-state index < -0.39 is 29.9 Å². The minimum Gasteiger partial charge on any atom is -0.366 e. The Morgan fingerprint density at radius 1 is 1.47 bits per heavy atom. The second-order valence-electron chi connectivity index (χ2n) is 7.69. The average Bonchev–Trinajstić information content (AvgIpc) is 3.14. The van der Waals surface area contributed by atoms with Crippen molar-refractivity contribution in [2.24, 2.45) is 5.92 Å². The molecule has 3 heterocycles. The monoisotopic (exact) mass is 455 g/mol. The Bertz CT molecular complexity index is 1420. The van der Waals surface area contributed by atoms with E-state index in [0.717, 1.165) is 0 Å². The smallest absolute Gasteiger partial charge is 0.231 e. The van der Waals surface area contributed by atoms with Crippen LogP contribution in [-0.2, 0) is 4.79 Å². The maximum atomic E-state index is 15.2. The summed E-state index contributed by atoms with van der Waals surface area (Å²) in [5, 5.41) is 26.0. The highest BCUT2D eigenvalue weighted by Crippen LogP contribution is 2.42. The number of hydrogen-bond acceptors (Lipinski definition) is 5. The van der Waals surface area contributed by atoms with Crippen molar-refractivity contribution in [3.63, 3.8) is 0 Å². The molecule has 32 heavy (non-hydrogen) atoms. The maximum Gasteiger partial charge on any atom is 0.231 e. The van der Waals surface area contributed by atoms with Gasteiger partial charge in [0.1, 0.15) is 12.2 Å². The van der Waals surface area contributed by atoms with Crippen molar-refractivity contribution in [1.82, 2.24) is 19.8 Å². The number of fused-ring (bicyclic) bond motifs is 2. The molecule has 0 spiro atoms. The highest BCUT2D eigenvalue weighted by Gasteiger charge is 2.43. The number of rotatable bonds is 5. The number of halogens is 3. The zero-order chi connectivity index (χ0) is 22.6. The van der Waals surface area contributed by atoms with Crippen LogP contribution in [0.4, 0.5) is 20.3 Å². The van der Waals surface area contributed by atoms with Crippen molar-refractivity contribution in [2.45, 2.75) is 25.6 Å². The number of aromatic amines is 1. The average molecular weight is 456 g/mol. The molecule has 11 heteroatoms. The van der Waals surface area contributed by atoms with Crippen molar-refractivity contribution >= 4 is 45.4 Å². The zero-order valence-corrected chi connectivity index (χ0v) is 17.4. The van der Waals surface area contributed by atoms with E-state index in [2.05, 4.69) is 25.9 Å². The molecule has 3 atom stereocenters. The Morgan fingerprint density at radius 3 is 2.97 bits per heavy atom. The zero-order valence-electron chi connectivity index (χ0n) is 16.7. The number of benzene rings is 1. The van der Waals surface area contributed by atoms with Crippen LogP contribution >= 0.6 is 11.6 Å². The fraction of sp³-hybridized carbons (Fsp3) is 0.238. The normalized spacial score (nSPS) is 18.5. The predicted octanol–water partition coefficient (Wildman–Crippen LogP) is 4.29. The van der Waals surface area contributed by atoms with E-state index >= 15 is 4.39 Å². The third-order valence-electron chi connectivity index (χ3n) is 5.40. The first-order valence-electron chi connectivity index (χ1n) is 9.82. The van der Waals surface area contributed by atoms with Gasteiger partial charge in [0.25, 0.3) is 0 Å². The number of aromatic nitrogens is 4. The number of hydrogen-bond donors (Lipinski definition) is 3. The van der Waals surface area contributed by atoms with E-state index in [1.807, 2.05) is 6.07 Å². The molecule has 1 saturated carbocycles. The van der Waals surface area contributed by atoms with Gasteiger partial charge in [-0.15, -0.1) is 0 Å².